The van der Waals surface area contributed by atoms with Crippen LogP contribution in [-0.4, -0.2) is 6.71 Å². The molecule has 0 radical (unpaired) electrons. The van der Waals surface area contributed by atoms with Crippen LogP contribution in [0, 0.1) is 0 Å². The number of hydrogen-bond donors (Lipinski definition) is 0. The van der Waals surface area contributed by atoms with E-state index in [1.807, 2.05) is 0 Å². The molecule has 11 aromatic rings. The van der Waals surface area contributed by atoms with Crippen LogP contribution in [0.4, 0.5) is 34.1 Å². The van der Waals surface area contributed by atoms with Crippen molar-refractivity contribution in [3.8, 4) is 56.0 Å². The van der Waals surface area contributed by atoms with Crippen molar-refractivity contribution in [2.24, 2.45) is 0 Å². The first-order valence-corrected chi connectivity index (χ1v) is 24.6. The van der Waals surface area contributed by atoms with Crippen molar-refractivity contribution >= 4 is 57.2 Å². The van der Waals surface area contributed by atoms with Crippen LogP contribution in [0.5, 0.6) is 11.5 Å². The Balaban J connectivity index is 1.07. The van der Waals surface area contributed by atoms with E-state index < -0.39 is 5.41 Å². The Morgan fingerprint density at radius 2 is 0.761 bits per heavy atom. The second-order valence-electron chi connectivity index (χ2n) is 19.1. The van der Waals surface area contributed by atoms with E-state index in [1.165, 1.54) is 94.8 Å². The van der Waals surface area contributed by atoms with Crippen LogP contribution in [-0.2, 0) is 5.41 Å². The van der Waals surface area contributed by atoms with Gasteiger partial charge in [-0.2, -0.15) is 0 Å². The number of ether oxygens (including phenoxy) is 1. The fraction of sp³-hybridized carbons (Fsp3) is 0.0149. The lowest BCUT2D eigenvalue weighted by molar-refractivity contribution is 0.436. The van der Waals surface area contributed by atoms with Gasteiger partial charge in [-0.25, -0.2) is 0 Å². The summed E-state index contributed by atoms with van der Waals surface area (Å²) >= 11 is 0. The summed E-state index contributed by atoms with van der Waals surface area (Å²) in [5, 5.41) is 0. The van der Waals surface area contributed by atoms with Gasteiger partial charge in [0.2, 0.25) is 0 Å². The molecular weight excluding hydrogens is 860 g/mol. The van der Waals surface area contributed by atoms with E-state index in [0.29, 0.717) is 0 Å². The van der Waals surface area contributed by atoms with Crippen molar-refractivity contribution in [1.29, 1.82) is 0 Å². The molecule has 0 amide bonds. The first-order valence-electron chi connectivity index (χ1n) is 24.6. The summed E-state index contributed by atoms with van der Waals surface area (Å²) in [5.74, 6) is 1.77. The summed E-state index contributed by atoms with van der Waals surface area (Å²) in [4.78, 5) is 5.11. The maximum Gasteiger partial charge on any atom is 0.252 e. The summed E-state index contributed by atoms with van der Waals surface area (Å²) in [7, 11) is 0. The number of nitrogens with zero attached hydrogens (tertiary/aromatic N) is 2. The molecule has 0 fully saturated rings. The fourth-order valence-corrected chi connectivity index (χ4v) is 12.7. The van der Waals surface area contributed by atoms with Crippen LogP contribution < -0.4 is 30.9 Å². The van der Waals surface area contributed by atoms with E-state index in [2.05, 4.69) is 271 Å². The molecule has 1 aliphatic carbocycles. The van der Waals surface area contributed by atoms with E-state index in [4.69, 9.17) is 4.74 Å². The molecule has 330 valence electrons. The average molecular weight is 903 g/mol. The monoisotopic (exact) mass is 902 g/mol. The topological polar surface area (TPSA) is 15.7 Å². The van der Waals surface area contributed by atoms with Gasteiger partial charge in [-0.05, 0) is 115 Å². The highest BCUT2D eigenvalue weighted by atomic mass is 16.5. The largest absolute Gasteiger partial charge is 0.457 e. The van der Waals surface area contributed by atoms with E-state index in [0.717, 1.165) is 34.0 Å². The normalized spacial score (nSPS) is 13.8. The Hall–Kier alpha value is -9.12. The first-order chi connectivity index (χ1) is 35.3. The highest BCUT2D eigenvalue weighted by Gasteiger charge is 2.53. The smallest absolute Gasteiger partial charge is 0.252 e. The average Bonchev–Trinajstić information content (AvgIpc) is 3.71. The third-order valence-corrected chi connectivity index (χ3v) is 15.5. The number of para-hydroxylation sites is 5. The van der Waals surface area contributed by atoms with Crippen LogP contribution >= 0.6 is 0 Å². The Morgan fingerprint density at radius 3 is 1.38 bits per heavy atom. The number of benzene rings is 11. The molecular formula is C67H43BN2O. The van der Waals surface area contributed by atoms with Gasteiger partial charge in [0, 0.05) is 45.0 Å². The first kappa shape index (κ1) is 39.8. The SMILES string of the molecule is c1ccc(-c2ccc3c(c2)-c2cc4c(cc2C32c3ccccc3Oc3ccccc32)B2c3ccccc3N(c3ccccc3-c3ccccc3)c3cccc(c32)N4c2ccccc2-c2ccccc2)cc1. The van der Waals surface area contributed by atoms with Gasteiger partial charge in [0.05, 0.1) is 16.8 Å². The van der Waals surface area contributed by atoms with E-state index in [9.17, 15) is 0 Å². The fourth-order valence-electron chi connectivity index (χ4n) is 12.7. The molecule has 71 heavy (non-hydrogen) atoms. The maximum absolute atomic E-state index is 6.87. The molecule has 3 aliphatic heterocycles. The third-order valence-electron chi connectivity index (χ3n) is 15.5. The molecule has 1 spiro atoms. The number of hydrogen-bond acceptors (Lipinski definition) is 3. The number of rotatable bonds is 5. The van der Waals surface area contributed by atoms with Gasteiger partial charge in [0.1, 0.15) is 11.5 Å². The molecule has 0 atom stereocenters. The Labute approximate surface area is 414 Å². The predicted molar refractivity (Wildman–Crippen MR) is 294 cm³/mol. The van der Waals surface area contributed by atoms with E-state index in [1.54, 1.807) is 0 Å². The zero-order valence-corrected chi connectivity index (χ0v) is 38.7. The molecule has 11 aromatic carbocycles. The second kappa shape index (κ2) is 15.4. The summed E-state index contributed by atoms with van der Waals surface area (Å²) < 4.78 is 6.87. The van der Waals surface area contributed by atoms with Crippen molar-refractivity contribution in [3.63, 3.8) is 0 Å². The summed E-state index contributed by atoms with van der Waals surface area (Å²) in [6, 6.07) is 96.2. The lowest BCUT2D eigenvalue weighted by Gasteiger charge is -2.45. The zero-order chi connectivity index (χ0) is 46.6. The molecule has 0 bridgehead atoms. The van der Waals surface area contributed by atoms with Gasteiger partial charge >= 0.3 is 0 Å². The summed E-state index contributed by atoms with van der Waals surface area (Å²) in [6.45, 7) is -0.0936. The molecule has 0 saturated carbocycles. The van der Waals surface area contributed by atoms with Crippen LogP contribution in [0.15, 0.2) is 261 Å². The molecule has 0 saturated heterocycles. The summed E-state index contributed by atoms with van der Waals surface area (Å²) in [6.07, 6.45) is 0. The molecule has 0 unspecified atom stereocenters. The highest BCUT2D eigenvalue weighted by Crippen LogP contribution is 2.63. The number of anilines is 6. The van der Waals surface area contributed by atoms with Gasteiger partial charge in [0.15, 0.2) is 0 Å². The zero-order valence-electron chi connectivity index (χ0n) is 38.7. The van der Waals surface area contributed by atoms with Gasteiger partial charge in [0.25, 0.3) is 6.71 Å². The standard InChI is InChI=1S/C67H43BN2O/c1-4-21-44(22-5-1)47-39-40-52-50(41-47)51-42-63-57(43-55(51)67(52)53-29-12-18-37-64(53)71-65-38-19-13-30-54(65)67)68-56-31-14-17-34-60(56)69(58-32-15-10-27-48(58)45-23-6-2-7-24-45)61-35-20-36-62(66(61)68)70(63)59-33-16-11-28-49(59)46-25-8-3-9-26-46/h1-43H. The van der Waals surface area contributed by atoms with Gasteiger partial charge in [-0.15, -0.1) is 0 Å². The molecule has 0 aromatic heterocycles. The van der Waals surface area contributed by atoms with Gasteiger partial charge in [-0.3, -0.25) is 0 Å². The lowest BCUT2D eigenvalue weighted by atomic mass is 9.33. The molecule has 0 N–H and O–H groups in total. The second-order valence-corrected chi connectivity index (χ2v) is 19.1. The highest BCUT2D eigenvalue weighted by molar-refractivity contribution is 7.00. The Bertz CT molecular complexity index is 3900. The minimum absolute atomic E-state index is 0.0936. The summed E-state index contributed by atoms with van der Waals surface area (Å²) in [5.41, 5.74) is 24.6. The quantitative estimate of drug-likeness (QED) is 0.160. The molecule has 3 nitrogen and oxygen atoms in total. The van der Waals surface area contributed by atoms with E-state index in [-0.39, 0.29) is 6.71 Å². The van der Waals surface area contributed by atoms with Crippen LogP contribution in [0.2, 0.25) is 0 Å². The van der Waals surface area contributed by atoms with Crippen molar-refractivity contribution in [1.82, 2.24) is 0 Å². The molecule has 15 rings (SSSR count). The van der Waals surface area contributed by atoms with Crippen LogP contribution in [0.1, 0.15) is 22.3 Å². The Kier molecular flexibility index (Phi) is 8.67. The minimum Gasteiger partial charge on any atom is -0.457 e. The lowest BCUT2D eigenvalue weighted by Crippen LogP contribution is -2.61. The van der Waals surface area contributed by atoms with Crippen molar-refractivity contribution in [3.05, 3.63) is 283 Å². The van der Waals surface area contributed by atoms with Gasteiger partial charge < -0.3 is 14.5 Å². The molecule has 4 heteroatoms. The Morgan fingerprint density at radius 1 is 0.282 bits per heavy atom. The van der Waals surface area contributed by atoms with Crippen molar-refractivity contribution < 1.29 is 4.74 Å². The van der Waals surface area contributed by atoms with Crippen molar-refractivity contribution in [2.45, 2.75) is 5.41 Å². The molecule has 4 aliphatic rings. The van der Waals surface area contributed by atoms with Crippen molar-refractivity contribution in [2.75, 3.05) is 9.80 Å². The third kappa shape index (κ3) is 5.67. The van der Waals surface area contributed by atoms with Gasteiger partial charge in [-0.1, -0.05) is 206 Å². The molecule has 3 heterocycles. The predicted octanol–water partition coefficient (Wildman–Crippen LogP) is 15.2. The van der Waals surface area contributed by atoms with E-state index >= 15 is 0 Å². The van der Waals surface area contributed by atoms with Crippen LogP contribution in [0.3, 0.4) is 0 Å². The maximum atomic E-state index is 6.87. The minimum atomic E-state index is -0.665. The number of fused-ring (bicyclic) bond motifs is 13. The van der Waals surface area contributed by atoms with Crippen LogP contribution in [0.25, 0.3) is 44.5 Å².